The highest BCUT2D eigenvalue weighted by Gasteiger charge is 1.98. The average molecular weight is 260 g/mol. The summed E-state index contributed by atoms with van der Waals surface area (Å²) in [6.45, 7) is 3.10. The van der Waals surface area contributed by atoms with Crippen LogP contribution in [0.5, 0.6) is 0 Å². The minimum absolute atomic E-state index is 0. The molecule has 0 fully saturated rings. The van der Waals surface area contributed by atoms with Gasteiger partial charge in [0.2, 0.25) is 0 Å². The standard InChI is InChI=1S/C11H18NO.BrH/c1-2-3-4-11-5-7-12(8-6-11)9-10-13;/h5-8,13H,2-4,9-10H2,1H3;1H/q+1;/p-1. The zero-order valence-electron chi connectivity index (χ0n) is 8.62. The summed E-state index contributed by atoms with van der Waals surface area (Å²) in [6.07, 6.45) is 7.72. The fourth-order valence-corrected chi connectivity index (χ4v) is 1.30. The third-order valence-electron chi connectivity index (χ3n) is 2.14. The van der Waals surface area contributed by atoms with Crippen molar-refractivity contribution in [2.45, 2.75) is 32.7 Å². The summed E-state index contributed by atoms with van der Waals surface area (Å²) >= 11 is 0. The van der Waals surface area contributed by atoms with Gasteiger partial charge in [-0.05, 0) is 18.4 Å². The van der Waals surface area contributed by atoms with Crippen LogP contribution in [0.4, 0.5) is 0 Å². The lowest BCUT2D eigenvalue weighted by Gasteiger charge is -1.98. The van der Waals surface area contributed by atoms with Gasteiger partial charge in [0.1, 0.15) is 6.61 Å². The van der Waals surface area contributed by atoms with Crippen molar-refractivity contribution in [1.29, 1.82) is 0 Å². The van der Waals surface area contributed by atoms with Gasteiger partial charge in [-0.25, -0.2) is 4.57 Å². The van der Waals surface area contributed by atoms with Crippen molar-refractivity contribution in [2.24, 2.45) is 0 Å². The minimum Gasteiger partial charge on any atom is -1.00 e. The zero-order chi connectivity index (χ0) is 9.52. The van der Waals surface area contributed by atoms with Crippen molar-refractivity contribution in [1.82, 2.24) is 0 Å². The first kappa shape index (κ1) is 13.6. The van der Waals surface area contributed by atoms with Crippen molar-refractivity contribution >= 4 is 0 Å². The molecule has 0 amide bonds. The molecule has 0 aromatic carbocycles. The van der Waals surface area contributed by atoms with E-state index in [1.165, 1.54) is 18.4 Å². The van der Waals surface area contributed by atoms with Crippen LogP contribution < -0.4 is 21.5 Å². The van der Waals surface area contributed by atoms with Gasteiger partial charge in [-0.2, -0.15) is 0 Å². The number of aromatic nitrogens is 1. The molecule has 80 valence electrons. The Kier molecular flexibility index (Phi) is 7.71. The molecule has 0 unspecified atom stereocenters. The second-order valence-corrected chi connectivity index (χ2v) is 3.27. The van der Waals surface area contributed by atoms with Crippen LogP contribution in [0.2, 0.25) is 0 Å². The van der Waals surface area contributed by atoms with Crippen molar-refractivity contribution in [3.63, 3.8) is 0 Å². The van der Waals surface area contributed by atoms with E-state index >= 15 is 0 Å². The lowest BCUT2D eigenvalue weighted by atomic mass is 10.1. The third kappa shape index (κ3) is 4.72. The van der Waals surface area contributed by atoms with Crippen LogP contribution in [0, 0.1) is 0 Å². The van der Waals surface area contributed by atoms with E-state index in [0.29, 0.717) is 6.54 Å². The second-order valence-electron chi connectivity index (χ2n) is 3.27. The number of unbranched alkanes of at least 4 members (excludes halogenated alkanes) is 1. The number of hydrogen-bond acceptors (Lipinski definition) is 1. The predicted molar refractivity (Wildman–Crippen MR) is 52.3 cm³/mol. The van der Waals surface area contributed by atoms with E-state index < -0.39 is 0 Å². The van der Waals surface area contributed by atoms with E-state index in [1.807, 2.05) is 17.0 Å². The van der Waals surface area contributed by atoms with Crippen LogP contribution >= 0.6 is 0 Å². The molecule has 0 aliphatic heterocycles. The summed E-state index contributed by atoms with van der Waals surface area (Å²) < 4.78 is 2.00. The van der Waals surface area contributed by atoms with Crippen molar-refractivity contribution in [2.75, 3.05) is 6.61 Å². The Morgan fingerprint density at radius 3 is 2.43 bits per heavy atom. The van der Waals surface area contributed by atoms with E-state index in [2.05, 4.69) is 19.1 Å². The van der Waals surface area contributed by atoms with Crippen molar-refractivity contribution < 1.29 is 26.7 Å². The third-order valence-corrected chi connectivity index (χ3v) is 2.14. The maximum atomic E-state index is 8.71. The molecule has 0 saturated carbocycles. The summed E-state index contributed by atoms with van der Waals surface area (Å²) in [5.41, 5.74) is 1.39. The number of hydrogen-bond donors (Lipinski definition) is 1. The maximum Gasteiger partial charge on any atom is 0.171 e. The summed E-state index contributed by atoms with van der Waals surface area (Å²) in [7, 11) is 0. The second kappa shape index (κ2) is 7.94. The van der Waals surface area contributed by atoms with Crippen LogP contribution in [0.3, 0.4) is 0 Å². The van der Waals surface area contributed by atoms with E-state index in [-0.39, 0.29) is 23.6 Å². The summed E-state index contributed by atoms with van der Waals surface area (Å²) in [5.74, 6) is 0. The van der Waals surface area contributed by atoms with Gasteiger partial charge in [0.25, 0.3) is 0 Å². The molecule has 0 aliphatic rings. The van der Waals surface area contributed by atoms with Crippen LogP contribution in [0.1, 0.15) is 25.3 Å². The van der Waals surface area contributed by atoms with Gasteiger partial charge in [0, 0.05) is 12.1 Å². The van der Waals surface area contributed by atoms with E-state index in [1.54, 1.807) is 0 Å². The number of nitrogens with zero attached hydrogens (tertiary/aromatic N) is 1. The minimum atomic E-state index is 0. The number of pyridine rings is 1. The molecule has 3 heteroatoms. The molecule has 1 aromatic rings. The predicted octanol–water partition coefficient (Wildman–Crippen LogP) is -1.69. The van der Waals surface area contributed by atoms with Gasteiger partial charge in [0.15, 0.2) is 18.9 Å². The highest BCUT2D eigenvalue weighted by atomic mass is 79.9. The smallest absolute Gasteiger partial charge is 0.171 e. The highest BCUT2D eigenvalue weighted by molar-refractivity contribution is 5.06. The molecule has 2 nitrogen and oxygen atoms in total. The van der Waals surface area contributed by atoms with Gasteiger partial charge in [-0.3, -0.25) is 0 Å². The first-order valence-corrected chi connectivity index (χ1v) is 4.95. The van der Waals surface area contributed by atoms with Crippen LogP contribution in [-0.4, -0.2) is 11.7 Å². The summed E-state index contributed by atoms with van der Waals surface area (Å²) in [4.78, 5) is 0. The Balaban J connectivity index is 0.00000169. The molecular formula is C11H18BrNO. The van der Waals surface area contributed by atoms with Crippen LogP contribution in [0.15, 0.2) is 24.5 Å². The van der Waals surface area contributed by atoms with Gasteiger partial charge in [-0.15, -0.1) is 0 Å². The Morgan fingerprint density at radius 1 is 1.29 bits per heavy atom. The number of aliphatic hydroxyl groups is 1. The molecule has 14 heavy (non-hydrogen) atoms. The fourth-order valence-electron chi connectivity index (χ4n) is 1.30. The first-order chi connectivity index (χ1) is 6.36. The van der Waals surface area contributed by atoms with Gasteiger partial charge >= 0.3 is 0 Å². The van der Waals surface area contributed by atoms with Gasteiger partial charge in [-0.1, -0.05) is 13.3 Å². The van der Waals surface area contributed by atoms with Gasteiger partial charge < -0.3 is 22.1 Å². The Hall–Kier alpha value is -0.410. The Bertz CT molecular complexity index is 236. The normalized spacial score (nSPS) is 9.57. The largest absolute Gasteiger partial charge is 1.00 e. The van der Waals surface area contributed by atoms with Crippen molar-refractivity contribution in [3.05, 3.63) is 30.1 Å². The summed E-state index contributed by atoms with van der Waals surface area (Å²) in [6, 6.07) is 4.26. The lowest BCUT2D eigenvalue weighted by Crippen LogP contribution is -3.00. The van der Waals surface area contributed by atoms with Crippen molar-refractivity contribution in [3.8, 4) is 0 Å². The monoisotopic (exact) mass is 259 g/mol. The fraction of sp³-hybridized carbons (Fsp3) is 0.545. The Morgan fingerprint density at radius 2 is 1.93 bits per heavy atom. The molecule has 0 bridgehead atoms. The molecule has 1 N–H and O–H groups in total. The van der Waals surface area contributed by atoms with E-state index in [0.717, 1.165) is 6.42 Å². The first-order valence-electron chi connectivity index (χ1n) is 4.95. The van der Waals surface area contributed by atoms with Crippen LogP contribution in [-0.2, 0) is 13.0 Å². The number of halogens is 1. The quantitative estimate of drug-likeness (QED) is 0.628. The lowest BCUT2D eigenvalue weighted by molar-refractivity contribution is -0.698. The number of rotatable bonds is 5. The highest BCUT2D eigenvalue weighted by Crippen LogP contribution is 2.01. The Labute approximate surface area is 96.4 Å². The topological polar surface area (TPSA) is 24.1 Å². The molecule has 1 heterocycles. The molecule has 1 aromatic heterocycles. The van der Waals surface area contributed by atoms with Crippen LogP contribution in [0.25, 0.3) is 0 Å². The summed E-state index contributed by atoms with van der Waals surface area (Å²) in [5, 5.41) is 8.71. The SMILES string of the molecule is CCCCc1cc[n+](CCO)cc1.[Br-]. The number of aryl methyl sites for hydroxylation is 1. The molecule has 0 radical (unpaired) electrons. The molecule has 0 spiro atoms. The number of aliphatic hydroxyl groups excluding tert-OH is 1. The average Bonchev–Trinajstić information content (AvgIpc) is 2.17. The zero-order valence-corrected chi connectivity index (χ0v) is 10.2. The molecule has 0 aliphatic carbocycles. The molecule has 1 rings (SSSR count). The van der Waals surface area contributed by atoms with Gasteiger partial charge in [0.05, 0.1) is 0 Å². The maximum absolute atomic E-state index is 8.71. The van der Waals surface area contributed by atoms with E-state index in [9.17, 15) is 0 Å². The van der Waals surface area contributed by atoms with E-state index in [4.69, 9.17) is 5.11 Å². The molecular weight excluding hydrogens is 242 g/mol. The molecule has 0 atom stereocenters. The molecule has 0 saturated heterocycles.